The summed E-state index contributed by atoms with van der Waals surface area (Å²) in [5.41, 5.74) is 10.5. The van der Waals surface area contributed by atoms with E-state index < -0.39 is 76.0 Å². The van der Waals surface area contributed by atoms with Gasteiger partial charge >= 0.3 is 24.2 Å². The summed E-state index contributed by atoms with van der Waals surface area (Å²) in [6.45, 7) is 17.5. The van der Waals surface area contributed by atoms with Gasteiger partial charge in [0.25, 0.3) is 10.0 Å². The van der Waals surface area contributed by atoms with Crippen LogP contribution in [0.15, 0.2) is 63.4 Å². The van der Waals surface area contributed by atoms with Gasteiger partial charge in [0, 0.05) is 43.5 Å². The quantitative estimate of drug-likeness (QED) is 0.0398. The first-order valence-electron chi connectivity index (χ1n) is 23.3. The molecule has 5 rings (SSSR count). The molecule has 0 saturated heterocycles. The molecule has 1 aliphatic carbocycles. The highest BCUT2D eigenvalue weighted by Crippen LogP contribution is 2.45. The molecule has 2 aliphatic rings. The molecule has 3 aromatic carbocycles. The number of benzene rings is 3. The molecule has 4 amide bonds. The van der Waals surface area contributed by atoms with Crippen LogP contribution in [0.3, 0.4) is 0 Å². The number of carbonyl (C=O) groups excluding carboxylic acids is 4. The molecular weight excluding hydrogens is 937 g/mol. The molecular formula is C50H68N8O12S. The van der Waals surface area contributed by atoms with Crippen LogP contribution in [-0.4, -0.2) is 116 Å². The van der Waals surface area contributed by atoms with E-state index in [2.05, 4.69) is 30.7 Å². The van der Waals surface area contributed by atoms with Crippen molar-refractivity contribution in [1.29, 1.82) is 0 Å². The lowest BCUT2D eigenvalue weighted by Crippen LogP contribution is -2.48. The number of carbonyl (C=O) groups is 5. The third kappa shape index (κ3) is 15.3. The SMILES string of the molecule is Cc1c(C)c(S(=O)(=O)NC(N)=NCCC[C@@H](CN(CC(=O)O)C(=O)CCN=C(NC(=O)OC(C)(C)C)NC(=O)OC(C)(C)C)NC(=O)OCC2c3ccccc3-c3ccccc32)c(C)c2c1OC(C)(C)C2. The number of fused-ring (bicyclic) bond motifs is 4. The van der Waals surface area contributed by atoms with Gasteiger partial charge in [-0.05, 0) is 128 Å². The van der Waals surface area contributed by atoms with Crippen LogP contribution in [0.5, 0.6) is 5.75 Å². The fraction of sp³-hybridized carbons (Fsp3) is 0.500. The van der Waals surface area contributed by atoms with Crippen molar-refractivity contribution in [2.24, 2.45) is 15.7 Å². The van der Waals surface area contributed by atoms with E-state index in [4.69, 9.17) is 24.7 Å². The predicted molar refractivity (Wildman–Crippen MR) is 267 cm³/mol. The van der Waals surface area contributed by atoms with Crippen LogP contribution < -0.4 is 31.1 Å². The predicted octanol–water partition coefficient (Wildman–Crippen LogP) is 6.31. The summed E-state index contributed by atoms with van der Waals surface area (Å²) in [6, 6.07) is 14.8. The Morgan fingerprint density at radius 3 is 1.96 bits per heavy atom. The number of guanidine groups is 2. The molecule has 386 valence electrons. The van der Waals surface area contributed by atoms with Crippen molar-refractivity contribution in [3.63, 3.8) is 0 Å². The van der Waals surface area contributed by atoms with Gasteiger partial charge in [0.1, 0.15) is 35.7 Å². The minimum Gasteiger partial charge on any atom is -0.487 e. The summed E-state index contributed by atoms with van der Waals surface area (Å²) in [6.07, 6.45) is -2.29. The molecule has 1 atom stereocenters. The molecule has 3 aromatic rings. The Bertz CT molecular complexity index is 2610. The van der Waals surface area contributed by atoms with Gasteiger partial charge in [-0.25, -0.2) is 27.5 Å². The first-order valence-corrected chi connectivity index (χ1v) is 24.8. The zero-order chi connectivity index (χ0) is 52.6. The van der Waals surface area contributed by atoms with E-state index in [-0.39, 0.29) is 61.8 Å². The van der Waals surface area contributed by atoms with Crippen LogP contribution in [0.25, 0.3) is 11.1 Å². The van der Waals surface area contributed by atoms with Crippen molar-refractivity contribution in [3.05, 3.63) is 81.9 Å². The molecule has 7 N–H and O–H groups in total. The van der Waals surface area contributed by atoms with E-state index in [0.29, 0.717) is 28.9 Å². The minimum absolute atomic E-state index is 0.0200. The molecule has 1 aliphatic heterocycles. The average Bonchev–Trinajstić information content (AvgIpc) is 3.75. The van der Waals surface area contributed by atoms with Crippen LogP contribution in [0.1, 0.15) is 114 Å². The Kier molecular flexibility index (Phi) is 17.4. The molecule has 1 heterocycles. The number of nitrogens with one attached hydrogen (secondary N) is 4. The van der Waals surface area contributed by atoms with Gasteiger partial charge in [0.05, 0.1) is 11.4 Å². The summed E-state index contributed by atoms with van der Waals surface area (Å²) in [4.78, 5) is 74.3. The summed E-state index contributed by atoms with van der Waals surface area (Å²) in [7, 11) is -4.20. The average molecular weight is 1010 g/mol. The maximum Gasteiger partial charge on any atom is 0.414 e. The maximum atomic E-state index is 13.8. The maximum absolute atomic E-state index is 13.8. The van der Waals surface area contributed by atoms with Crippen molar-refractivity contribution in [3.8, 4) is 16.9 Å². The molecule has 71 heavy (non-hydrogen) atoms. The number of sulfonamides is 1. The zero-order valence-electron chi connectivity index (χ0n) is 42.4. The summed E-state index contributed by atoms with van der Waals surface area (Å²) < 4.78 is 52.5. The van der Waals surface area contributed by atoms with E-state index in [1.807, 2.05) is 69.3 Å². The summed E-state index contributed by atoms with van der Waals surface area (Å²) in [5, 5.41) is 17.4. The van der Waals surface area contributed by atoms with Crippen LogP contribution >= 0.6 is 0 Å². The Hall–Kier alpha value is -6.90. The zero-order valence-corrected chi connectivity index (χ0v) is 43.2. The molecule has 21 heteroatoms. The standard InChI is InChI=1S/C50H68N8O12S/c1-29-30(2)42(31(3)37-25-50(10,11)68-41(29)37)71(65,66)57-43(51)52-23-16-17-32(54-45(62)67-28-38-35-20-14-12-18-33(35)34-19-13-15-21-36(34)38)26-58(27-40(60)61)39(59)22-24-53-44(55-46(63)69-48(4,5)6)56-47(64)70-49(7,8)9/h12-15,18-21,32,38H,16-17,22-28H2,1-11H3,(H,54,62)(H,60,61)(H3,51,52,57)(H2,53,55,56,63,64)/t32-/m0/s1. The number of ether oxygens (including phenoxy) is 4. The first-order chi connectivity index (χ1) is 33.0. The van der Waals surface area contributed by atoms with Crippen molar-refractivity contribution in [2.45, 2.75) is 136 Å². The summed E-state index contributed by atoms with van der Waals surface area (Å²) in [5.74, 6) is -2.36. The third-order valence-electron chi connectivity index (χ3n) is 11.4. The lowest BCUT2D eigenvalue weighted by molar-refractivity contribution is -0.144. The number of nitrogens with zero attached hydrogens (tertiary/aromatic N) is 3. The Balaban J connectivity index is 1.32. The Morgan fingerprint density at radius 1 is 0.845 bits per heavy atom. The highest BCUT2D eigenvalue weighted by molar-refractivity contribution is 7.90. The van der Waals surface area contributed by atoms with E-state index in [9.17, 15) is 37.5 Å². The van der Waals surface area contributed by atoms with Crippen LogP contribution in [-0.2, 0) is 40.2 Å². The van der Waals surface area contributed by atoms with E-state index >= 15 is 0 Å². The van der Waals surface area contributed by atoms with Gasteiger partial charge < -0.3 is 40.0 Å². The highest BCUT2D eigenvalue weighted by atomic mass is 32.2. The largest absolute Gasteiger partial charge is 0.487 e. The number of hydrogen-bond donors (Lipinski definition) is 6. The van der Waals surface area contributed by atoms with Gasteiger partial charge in [-0.3, -0.25) is 30.2 Å². The number of carboxylic acids is 1. The number of nitrogens with two attached hydrogens (primary N) is 1. The van der Waals surface area contributed by atoms with Crippen LogP contribution in [0.2, 0.25) is 0 Å². The van der Waals surface area contributed by atoms with Crippen LogP contribution in [0, 0.1) is 20.8 Å². The van der Waals surface area contributed by atoms with Gasteiger partial charge in [-0.15, -0.1) is 0 Å². The minimum atomic E-state index is -4.20. The van der Waals surface area contributed by atoms with Gasteiger partial charge in [-0.2, -0.15) is 0 Å². The molecule has 0 saturated carbocycles. The second-order valence-corrected chi connectivity index (χ2v) is 21.8. The van der Waals surface area contributed by atoms with E-state index in [1.165, 1.54) is 0 Å². The van der Waals surface area contributed by atoms with Crippen LogP contribution in [0.4, 0.5) is 14.4 Å². The van der Waals surface area contributed by atoms with E-state index in [1.54, 1.807) is 55.4 Å². The van der Waals surface area contributed by atoms with Crippen molar-refractivity contribution in [2.75, 3.05) is 32.8 Å². The molecule has 0 spiro atoms. The second kappa shape index (κ2) is 22.5. The topological polar surface area (TPSA) is 279 Å². The number of amides is 4. The number of hydrogen-bond acceptors (Lipinski definition) is 13. The normalized spacial score (nSPS) is 14.4. The number of alkyl carbamates (subject to hydrolysis) is 3. The van der Waals surface area contributed by atoms with Crippen molar-refractivity contribution < 1.29 is 56.4 Å². The van der Waals surface area contributed by atoms with Crippen molar-refractivity contribution in [1.82, 2.24) is 25.6 Å². The van der Waals surface area contributed by atoms with Crippen molar-refractivity contribution >= 4 is 52.1 Å². The fourth-order valence-corrected chi connectivity index (χ4v) is 9.96. The number of rotatable bonds is 16. The molecule has 0 unspecified atom stereocenters. The number of carboxylic acid groups (broad SMARTS) is 1. The lowest BCUT2D eigenvalue weighted by atomic mass is 9.94. The highest BCUT2D eigenvalue weighted by Gasteiger charge is 2.37. The smallest absolute Gasteiger partial charge is 0.414 e. The Labute approximate surface area is 415 Å². The first kappa shape index (κ1) is 55.0. The molecule has 0 radical (unpaired) electrons. The molecule has 0 bridgehead atoms. The van der Waals surface area contributed by atoms with E-state index in [0.717, 1.165) is 32.7 Å². The fourth-order valence-electron chi connectivity index (χ4n) is 8.44. The monoisotopic (exact) mass is 1000 g/mol. The summed E-state index contributed by atoms with van der Waals surface area (Å²) >= 11 is 0. The molecule has 0 aromatic heterocycles. The second-order valence-electron chi connectivity index (χ2n) is 20.1. The molecule has 20 nitrogen and oxygen atoms in total. The third-order valence-corrected chi connectivity index (χ3v) is 13.0. The van der Waals surface area contributed by atoms with Gasteiger partial charge in [0.15, 0.2) is 0 Å². The number of aliphatic carboxylic acids is 1. The molecule has 0 fully saturated rings. The van der Waals surface area contributed by atoms with Gasteiger partial charge in [0.2, 0.25) is 17.8 Å². The lowest BCUT2D eigenvalue weighted by Gasteiger charge is -2.27. The Morgan fingerprint density at radius 2 is 1.41 bits per heavy atom. The number of aliphatic imine (C=N–C) groups is 2. The van der Waals surface area contributed by atoms with Gasteiger partial charge in [-0.1, -0.05) is 48.5 Å².